The maximum atomic E-state index is 13.7. The highest BCUT2D eigenvalue weighted by Gasteiger charge is 2.34. The number of rotatable bonds is 7. The molecule has 12 heteroatoms. The van der Waals surface area contributed by atoms with Gasteiger partial charge in [0.25, 0.3) is 0 Å². The largest absolute Gasteiger partial charge is 0.444 e. The van der Waals surface area contributed by atoms with Crippen LogP contribution in [0.15, 0.2) is 36.4 Å². The lowest BCUT2D eigenvalue weighted by molar-refractivity contribution is -0.138. The molecular weight excluding hydrogens is 427 g/mol. The van der Waals surface area contributed by atoms with Crippen molar-refractivity contribution in [1.82, 2.24) is 25.6 Å². The van der Waals surface area contributed by atoms with Crippen LogP contribution in [0.4, 0.5) is 23.9 Å². The van der Waals surface area contributed by atoms with Crippen molar-refractivity contribution in [3.05, 3.63) is 47.6 Å². The zero-order valence-electron chi connectivity index (χ0n) is 18.0. The van der Waals surface area contributed by atoms with Crippen LogP contribution in [-0.4, -0.2) is 39.9 Å². The van der Waals surface area contributed by atoms with Crippen molar-refractivity contribution >= 4 is 18.3 Å². The Bertz CT molecular complexity index is 1000. The number of hydrogen-bond acceptors (Lipinski definition) is 8. The number of hydrogen-bond donors (Lipinski definition) is 4. The number of allylic oxidation sites excluding steroid dienone is 1. The van der Waals surface area contributed by atoms with Crippen LogP contribution in [0.3, 0.4) is 0 Å². The van der Waals surface area contributed by atoms with E-state index >= 15 is 0 Å². The van der Waals surface area contributed by atoms with Gasteiger partial charge < -0.3 is 26.1 Å². The quantitative estimate of drug-likeness (QED) is 0.473. The minimum atomic E-state index is -4.67. The first-order valence-corrected chi connectivity index (χ1v) is 9.44. The summed E-state index contributed by atoms with van der Waals surface area (Å²) in [5.41, 5.74) is -1.40. The molecule has 0 aliphatic carbocycles. The zero-order valence-corrected chi connectivity index (χ0v) is 18.0. The molecule has 0 saturated carbocycles. The number of alkyl carbamates (subject to hydrolysis) is 1. The molecule has 0 atom stereocenters. The molecule has 1 aromatic heterocycles. The third-order valence-electron chi connectivity index (χ3n) is 3.78. The van der Waals surface area contributed by atoms with E-state index in [-0.39, 0.29) is 29.4 Å². The lowest BCUT2D eigenvalue weighted by Crippen LogP contribution is -2.32. The number of benzene rings is 1. The molecule has 0 aliphatic rings. The fourth-order valence-corrected chi connectivity index (χ4v) is 2.51. The molecule has 0 saturated heterocycles. The van der Waals surface area contributed by atoms with Gasteiger partial charge in [0.2, 0.25) is 5.95 Å². The number of anilines is 1. The molecule has 1 amide bonds. The number of ether oxygens (including phenoxy) is 1. The molecule has 0 radical (unpaired) electrons. The van der Waals surface area contributed by atoms with Crippen molar-refractivity contribution in [1.29, 1.82) is 5.41 Å². The first-order chi connectivity index (χ1) is 14.9. The van der Waals surface area contributed by atoms with Gasteiger partial charge in [0, 0.05) is 31.6 Å². The summed E-state index contributed by atoms with van der Waals surface area (Å²) < 4.78 is 46.1. The summed E-state index contributed by atoms with van der Waals surface area (Å²) in [5.74, 6) is 0.0673. The second-order valence-corrected chi connectivity index (χ2v) is 7.52. The van der Waals surface area contributed by atoms with Gasteiger partial charge in [0.15, 0.2) is 5.82 Å². The van der Waals surface area contributed by atoms with Crippen LogP contribution in [0.1, 0.15) is 31.9 Å². The first kappa shape index (κ1) is 24.6. The zero-order chi connectivity index (χ0) is 23.9. The van der Waals surface area contributed by atoms with Gasteiger partial charge in [0.05, 0.1) is 11.3 Å². The minimum absolute atomic E-state index is 0.00781. The highest BCUT2D eigenvalue weighted by Crippen LogP contribution is 2.34. The van der Waals surface area contributed by atoms with Crippen LogP contribution in [0.25, 0.3) is 11.4 Å². The smallest absolute Gasteiger partial charge is 0.416 e. The number of amides is 1. The van der Waals surface area contributed by atoms with Gasteiger partial charge in [-0.25, -0.2) is 14.8 Å². The van der Waals surface area contributed by atoms with Crippen molar-refractivity contribution in [3.8, 4) is 11.4 Å². The number of carbonyl (C=O) groups excluding carboxylic acids is 1. The van der Waals surface area contributed by atoms with Gasteiger partial charge in [-0.2, -0.15) is 18.2 Å². The van der Waals surface area contributed by atoms with E-state index in [9.17, 15) is 18.0 Å². The average Bonchev–Trinajstić information content (AvgIpc) is 2.70. The molecule has 9 nitrogen and oxygen atoms in total. The van der Waals surface area contributed by atoms with Crippen LogP contribution in [0.2, 0.25) is 0 Å². The van der Waals surface area contributed by atoms with Gasteiger partial charge in [-0.3, -0.25) is 0 Å². The van der Waals surface area contributed by atoms with E-state index in [0.717, 1.165) is 18.6 Å². The molecule has 0 unspecified atom stereocenters. The Labute approximate surface area is 183 Å². The second-order valence-electron chi connectivity index (χ2n) is 7.52. The monoisotopic (exact) mass is 451 g/mol. The molecule has 32 heavy (non-hydrogen) atoms. The average molecular weight is 451 g/mol. The summed E-state index contributed by atoms with van der Waals surface area (Å²) >= 11 is 0. The summed E-state index contributed by atoms with van der Waals surface area (Å²) in [6.45, 7) is 4.59. The number of halogens is 3. The molecule has 2 aromatic rings. The predicted molar refractivity (Wildman–Crippen MR) is 113 cm³/mol. The Morgan fingerprint density at radius 1 is 1.22 bits per heavy atom. The maximum absolute atomic E-state index is 13.7. The Morgan fingerprint density at radius 3 is 2.53 bits per heavy atom. The molecule has 0 bridgehead atoms. The fraction of sp³-hybridized carbons (Fsp3) is 0.350. The Kier molecular flexibility index (Phi) is 7.73. The number of alkyl halides is 3. The van der Waals surface area contributed by atoms with E-state index in [0.29, 0.717) is 5.70 Å². The lowest BCUT2D eigenvalue weighted by Gasteiger charge is -2.20. The second kappa shape index (κ2) is 10.1. The van der Waals surface area contributed by atoms with Crippen LogP contribution in [-0.2, 0) is 17.5 Å². The van der Waals surface area contributed by atoms with Crippen LogP contribution in [0.5, 0.6) is 0 Å². The fourth-order valence-electron chi connectivity index (χ4n) is 2.51. The van der Waals surface area contributed by atoms with Crippen molar-refractivity contribution in [2.45, 2.75) is 39.1 Å². The summed E-state index contributed by atoms with van der Waals surface area (Å²) in [4.78, 5) is 23.8. The van der Waals surface area contributed by atoms with Gasteiger partial charge >= 0.3 is 12.3 Å². The molecule has 4 N–H and O–H groups in total. The topological polar surface area (TPSA) is 125 Å². The van der Waals surface area contributed by atoms with E-state index in [1.165, 1.54) is 18.3 Å². The minimum Gasteiger partial charge on any atom is -0.444 e. The van der Waals surface area contributed by atoms with Crippen LogP contribution >= 0.6 is 0 Å². The Hall–Kier alpha value is -3.70. The highest BCUT2D eigenvalue weighted by molar-refractivity contribution is 5.79. The van der Waals surface area contributed by atoms with E-state index in [2.05, 4.69) is 30.9 Å². The highest BCUT2D eigenvalue weighted by atomic mass is 19.4. The van der Waals surface area contributed by atoms with Crippen molar-refractivity contribution < 1.29 is 22.7 Å². The van der Waals surface area contributed by atoms with E-state index in [1.54, 1.807) is 27.8 Å². The van der Waals surface area contributed by atoms with Crippen molar-refractivity contribution in [2.24, 2.45) is 0 Å². The Balaban J connectivity index is 2.31. The standard InChI is InChI=1S/C20H24F3N7O2/c1-19(2,3)32-18(31)26-9-13-6-5-12(7-15(13)20(21,22)23)16-27-11-28-17(30-16)29-14(8-24)10-25-4/h5-8,10-11,24-25H,9H2,1-4H3,(H,26,31)(H,27,28,29,30)/b14-10+,24-8?. The maximum Gasteiger partial charge on any atom is 0.416 e. The van der Waals surface area contributed by atoms with E-state index < -0.39 is 23.4 Å². The molecule has 1 aromatic carbocycles. The van der Waals surface area contributed by atoms with Gasteiger partial charge in [-0.1, -0.05) is 12.1 Å². The molecule has 2 rings (SSSR count). The molecular formula is C20H24F3N7O2. The predicted octanol–water partition coefficient (Wildman–Crippen LogP) is 3.70. The van der Waals surface area contributed by atoms with Crippen molar-refractivity contribution in [2.75, 3.05) is 12.4 Å². The van der Waals surface area contributed by atoms with Crippen LogP contribution < -0.4 is 16.0 Å². The molecule has 0 spiro atoms. The number of carbonyl (C=O) groups is 1. The Morgan fingerprint density at radius 2 is 1.94 bits per heavy atom. The number of aromatic nitrogens is 3. The van der Waals surface area contributed by atoms with E-state index in [4.69, 9.17) is 10.1 Å². The molecule has 1 heterocycles. The summed E-state index contributed by atoms with van der Waals surface area (Å²) in [6.07, 6.45) is -1.83. The summed E-state index contributed by atoms with van der Waals surface area (Å²) in [5, 5.41) is 15.2. The molecule has 0 fully saturated rings. The van der Waals surface area contributed by atoms with Gasteiger partial charge in [-0.15, -0.1) is 0 Å². The van der Waals surface area contributed by atoms with Crippen LogP contribution in [0, 0.1) is 5.41 Å². The molecule has 172 valence electrons. The third-order valence-corrected chi connectivity index (χ3v) is 3.78. The van der Waals surface area contributed by atoms with E-state index in [1.807, 2.05) is 0 Å². The molecule has 0 aliphatic heterocycles. The normalized spacial score (nSPS) is 12.2. The first-order valence-electron chi connectivity index (χ1n) is 9.44. The summed E-state index contributed by atoms with van der Waals surface area (Å²) in [6, 6.07) is 3.57. The van der Waals surface area contributed by atoms with Crippen molar-refractivity contribution in [3.63, 3.8) is 0 Å². The summed E-state index contributed by atoms with van der Waals surface area (Å²) in [7, 11) is 1.64. The number of nitrogens with zero attached hydrogens (tertiary/aromatic N) is 3. The SMILES string of the molecule is CN/C=C(\C=N)Nc1ncnc(-c2ccc(CNC(=O)OC(C)(C)C)c(C(F)(F)F)c2)n1. The van der Waals surface area contributed by atoms with Gasteiger partial charge in [0.1, 0.15) is 11.9 Å². The lowest BCUT2D eigenvalue weighted by atomic mass is 10.0. The van der Waals surface area contributed by atoms with Gasteiger partial charge in [-0.05, 0) is 32.4 Å². The number of nitrogens with one attached hydrogen (secondary N) is 4. The third kappa shape index (κ3) is 7.22.